The molecule has 3 N–H and O–H groups in total. The molecule has 3 rings (SSSR count). The number of nitrogens with one attached hydrogen (secondary N) is 2. The van der Waals surface area contributed by atoms with Crippen molar-refractivity contribution in [2.24, 2.45) is 11.8 Å². The molecule has 3 unspecified atom stereocenters. The lowest BCUT2D eigenvalue weighted by Gasteiger charge is -2.26. The Bertz CT molecular complexity index is 359. The molecule has 3 atom stereocenters. The number of nitrogens with zero attached hydrogens (tertiary/aromatic N) is 1. The third-order valence-corrected chi connectivity index (χ3v) is 5.24. The number of rotatable bonds is 5. The fraction of sp³-hybridized carbons (Fsp3) is 0.938. The molecule has 2 saturated carbocycles. The van der Waals surface area contributed by atoms with E-state index in [-0.39, 0.29) is 12.1 Å². The van der Waals surface area contributed by atoms with Gasteiger partial charge in [0.2, 0.25) is 0 Å². The Labute approximate surface area is 127 Å². The molecule has 21 heavy (non-hydrogen) atoms. The van der Waals surface area contributed by atoms with Crippen LogP contribution >= 0.6 is 0 Å². The van der Waals surface area contributed by atoms with Crippen molar-refractivity contribution in [3.05, 3.63) is 0 Å². The molecule has 0 aromatic heterocycles. The summed E-state index contributed by atoms with van der Waals surface area (Å²) in [6.07, 6.45) is 7.74. The highest BCUT2D eigenvalue weighted by Gasteiger charge is 2.34. The minimum atomic E-state index is -0.166. The molecule has 1 heterocycles. The number of urea groups is 1. The molecule has 1 aliphatic heterocycles. The standard InChI is InChI=1S/C16H29N3O2/c20-15-3-1-2-12(8-15)9-17-16(21)18-10-13-6-7-19(11-13)14-4-5-14/h12-15,20H,1-11H2,(H2,17,18,21). The molecule has 1 saturated heterocycles. The van der Waals surface area contributed by atoms with Gasteiger partial charge in [-0.25, -0.2) is 4.79 Å². The highest BCUT2D eigenvalue weighted by atomic mass is 16.3. The first kappa shape index (κ1) is 15.1. The number of aliphatic hydroxyl groups excluding tert-OH is 1. The van der Waals surface area contributed by atoms with E-state index in [9.17, 15) is 9.90 Å². The van der Waals surface area contributed by atoms with Gasteiger partial charge >= 0.3 is 6.03 Å². The fourth-order valence-corrected chi connectivity index (χ4v) is 3.79. The molecule has 0 aromatic rings. The van der Waals surface area contributed by atoms with Crippen LogP contribution in [0.15, 0.2) is 0 Å². The summed E-state index contributed by atoms with van der Waals surface area (Å²) in [4.78, 5) is 14.4. The lowest BCUT2D eigenvalue weighted by Crippen LogP contribution is -2.41. The Morgan fingerprint density at radius 2 is 1.81 bits per heavy atom. The number of carbonyl (C=O) groups excluding carboxylic acids is 1. The van der Waals surface area contributed by atoms with E-state index in [1.165, 1.54) is 25.8 Å². The molecule has 2 amide bonds. The Hall–Kier alpha value is -0.810. The summed E-state index contributed by atoms with van der Waals surface area (Å²) in [7, 11) is 0. The zero-order valence-corrected chi connectivity index (χ0v) is 12.9. The van der Waals surface area contributed by atoms with Gasteiger partial charge in [-0.1, -0.05) is 6.42 Å². The van der Waals surface area contributed by atoms with Crippen molar-refractivity contribution in [2.75, 3.05) is 26.2 Å². The van der Waals surface area contributed by atoms with Gasteiger partial charge in [-0.15, -0.1) is 0 Å². The van der Waals surface area contributed by atoms with Crippen molar-refractivity contribution >= 4 is 6.03 Å². The predicted molar refractivity (Wildman–Crippen MR) is 82.1 cm³/mol. The van der Waals surface area contributed by atoms with Crippen LogP contribution in [-0.2, 0) is 0 Å². The van der Waals surface area contributed by atoms with Gasteiger partial charge in [0.15, 0.2) is 0 Å². The zero-order valence-electron chi connectivity index (χ0n) is 12.9. The lowest BCUT2D eigenvalue weighted by atomic mass is 9.87. The van der Waals surface area contributed by atoms with E-state index in [2.05, 4.69) is 15.5 Å². The fourth-order valence-electron chi connectivity index (χ4n) is 3.79. The summed E-state index contributed by atoms with van der Waals surface area (Å²) in [6.45, 7) is 3.85. The molecule has 3 fully saturated rings. The monoisotopic (exact) mass is 295 g/mol. The van der Waals surface area contributed by atoms with Gasteiger partial charge in [-0.2, -0.15) is 0 Å². The van der Waals surface area contributed by atoms with Gasteiger partial charge < -0.3 is 20.6 Å². The van der Waals surface area contributed by atoms with E-state index in [4.69, 9.17) is 0 Å². The van der Waals surface area contributed by atoms with E-state index in [0.717, 1.165) is 44.8 Å². The normalized spacial score (nSPS) is 33.9. The molecule has 0 spiro atoms. The summed E-state index contributed by atoms with van der Waals surface area (Å²) in [5.41, 5.74) is 0. The maximum atomic E-state index is 11.9. The Morgan fingerprint density at radius 1 is 1.05 bits per heavy atom. The first-order valence-electron chi connectivity index (χ1n) is 8.64. The summed E-state index contributed by atoms with van der Waals surface area (Å²) >= 11 is 0. The third-order valence-electron chi connectivity index (χ3n) is 5.24. The smallest absolute Gasteiger partial charge is 0.314 e. The van der Waals surface area contributed by atoms with Gasteiger partial charge in [-0.05, 0) is 56.9 Å². The Kier molecular flexibility index (Phi) is 5.01. The molecule has 0 aromatic carbocycles. The van der Waals surface area contributed by atoms with Gasteiger partial charge in [0.25, 0.3) is 0 Å². The van der Waals surface area contributed by atoms with E-state index in [1.807, 2.05) is 0 Å². The average molecular weight is 295 g/mol. The molecule has 0 bridgehead atoms. The van der Waals surface area contributed by atoms with E-state index in [1.54, 1.807) is 0 Å². The first-order valence-corrected chi connectivity index (χ1v) is 8.64. The zero-order chi connectivity index (χ0) is 14.7. The second-order valence-electron chi connectivity index (χ2n) is 7.16. The molecule has 120 valence electrons. The van der Waals surface area contributed by atoms with Gasteiger partial charge in [0.05, 0.1) is 6.10 Å². The molecular formula is C16H29N3O2. The molecule has 5 heteroatoms. The summed E-state index contributed by atoms with van der Waals surface area (Å²) in [6, 6.07) is 0.807. The van der Waals surface area contributed by atoms with E-state index < -0.39 is 0 Å². The van der Waals surface area contributed by atoms with Crippen molar-refractivity contribution < 1.29 is 9.90 Å². The highest BCUT2D eigenvalue weighted by Crippen LogP contribution is 2.31. The maximum absolute atomic E-state index is 11.9. The minimum Gasteiger partial charge on any atom is -0.393 e. The SMILES string of the molecule is O=C(NCC1CCCC(O)C1)NCC1CCN(C2CC2)C1. The molecule has 0 radical (unpaired) electrons. The van der Waals surface area contributed by atoms with Crippen LogP contribution in [0.5, 0.6) is 0 Å². The minimum absolute atomic E-state index is 0.0417. The van der Waals surface area contributed by atoms with Crippen LogP contribution in [0.1, 0.15) is 44.9 Å². The molecule has 2 aliphatic carbocycles. The van der Waals surface area contributed by atoms with Crippen LogP contribution in [0.25, 0.3) is 0 Å². The molecular weight excluding hydrogens is 266 g/mol. The van der Waals surface area contributed by atoms with Crippen LogP contribution < -0.4 is 10.6 Å². The number of carbonyl (C=O) groups is 1. The van der Waals surface area contributed by atoms with Crippen LogP contribution in [0.3, 0.4) is 0 Å². The Morgan fingerprint density at radius 3 is 2.52 bits per heavy atom. The van der Waals surface area contributed by atoms with Crippen molar-refractivity contribution in [3.63, 3.8) is 0 Å². The number of hydrogen-bond donors (Lipinski definition) is 3. The second-order valence-corrected chi connectivity index (χ2v) is 7.16. The summed E-state index contributed by atoms with van der Waals surface area (Å²) in [5.74, 6) is 1.06. The molecule has 5 nitrogen and oxygen atoms in total. The second kappa shape index (κ2) is 6.97. The van der Waals surface area contributed by atoms with Crippen molar-refractivity contribution in [1.29, 1.82) is 0 Å². The number of amides is 2. The van der Waals surface area contributed by atoms with E-state index in [0.29, 0.717) is 18.4 Å². The number of hydrogen-bond acceptors (Lipinski definition) is 3. The van der Waals surface area contributed by atoms with Gasteiger partial charge in [0.1, 0.15) is 0 Å². The molecule has 3 aliphatic rings. The lowest BCUT2D eigenvalue weighted by molar-refractivity contribution is 0.101. The van der Waals surface area contributed by atoms with E-state index >= 15 is 0 Å². The largest absolute Gasteiger partial charge is 0.393 e. The third kappa shape index (κ3) is 4.58. The van der Waals surface area contributed by atoms with Crippen molar-refractivity contribution in [1.82, 2.24) is 15.5 Å². The topological polar surface area (TPSA) is 64.6 Å². The van der Waals surface area contributed by atoms with Crippen molar-refractivity contribution in [2.45, 2.75) is 57.1 Å². The maximum Gasteiger partial charge on any atom is 0.314 e. The summed E-state index contributed by atoms with van der Waals surface area (Å²) < 4.78 is 0. The van der Waals surface area contributed by atoms with Crippen LogP contribution in [0, 0.1) is 11.8 Å². The predicted octanol–water partition coefficient (Wildman–Crippen LogP) is 1.32. The first-order chi connectivity index (χ1) is 10.2. The van der Waals surface area contributed by atoms with Gasteiger partial charge in [-0.3, -0.25) is 0 Å². The van der Waals surface area contributed by atoms with Crippen LogP contribution in [0.4, 0.5) is 4.79 Å². The highest BCUT2D eigenvalue weighted by molar-refractivity contribution is 5.73. The number of aliphatic hydroxyl groups is 1. The summed E-state index contributed by atoms with van der Waals surface area (Å²) in [5, 5.41) is 15.6. The van der Waals surface area contributed by atoms with Gasteiger partial charge in [0, 0.05) is 25.7 Å². The van der Waals surface area contributed by atoms with Crippen molar-refractivity contribution in [3.8, 4) is 0 Å². The van der Waals surface area contributed by atoms with Crippen LogP contribution in [-0.4, -0.2) is 54.4 Å². The average Bonchev–Trinajstić information content (AvgIpc) is 3.22. The number of likely N-dealkylation sites (tertiary alicyclic amines) is 1. The van der Waals surface area contributed by atoms with Crippen LogP contribution in [0.2, 0.25) is 0 Å². The Balaban J connectivity index is 1.28. The quantitative estimate of drug-likeness (QED) is 0.717.